The Bertz CT molecular complexity index is 282. The summed E-state index contributed by atoms with van der Waals surface area (Å²) in [6.45, 7) is 5.05. The lowest BCUT2D eigenvalue weighted by Crippen LogP contribution is -2.36. The van der Waals surface area contributed by atoms with Crippen molar-refractivity contribution in [2.45, 2.75) is 32.7 Å². The topological polar surface area (TPSA) is 63.4 Å². The van der Waals surface area contributed by atoms with Gasteiger partial charge in [0.25, 0.3) is 0 Å². The molecule has 1 fully saturated rings. The lowest BCUT2D eigenvalue weighted by atomic mass is 10.1. The van der Waals surface area contributed by atoms with E-state index >= 15 is 0 Å². The van der Waals surface area contributed by atoms with Gasteiger partial charge in [-0.05, 0) is 32.2 Å². The molecule has 1 heterocycles. The van der Waals surface area contributed by atoms with E-state index in [0.29, 0.717) is 25.4 Å². The molecule has 0 spiro atoms. The molecule has 6 heteroatoms. The van der Waals surface area contributed by atoms with Crippen LogP contribution in [0.15, 0.2) is 0 Å². The van der Waals surface area contributed by atoms with E-state index in [1.807, 2.05) is 13.8 Å². The summed E-state index contributed by atoms with van der Waals surface area (Å²) in [7, 11) is -3.02. The van der Waals surface area contributed by atoms with Crippen LogP contribution >= 0.6 is 12.4 Å². The Balaban J connectivity index is 0.00000196. The Morgan fingerprint density at radius 2 is 2.07 bits per heavy atom. The summed E-state index contributed by atoms with van der Waals surface area (Å²) in [5.74, 6) is 0.603. The first-order valence-corrected chi connectivity index (χ1v) is 6.81. The maximum Gasteiger partial charge on any atom is 0.214 e. The van der Waals surface area contributed by atoms with E-state index in [0.717, 1.165) is 6.42 Å². The second kappa shape index (κ2) is 6.03. The maximum absolute atomic E-state index is 11.8. The van der Waals surface area contributed by atoms with Crippen molar-refractivity contribution >= 4 is 22.4 Å². The van der Waals surface area contributed by atoms with E-state index in [2.05, 4.69) is 0 Å². The van der Waals surface area contributed by atoms with Gasteiger partial charge in [-0.2, -0.15) is 4.31 Å². The van der Waals surface area contributed by atoms with E-state index in [-0.39, 0.29) is 24.2 Å². The summed E-state index contributed by atoms with van der Waals surface area (Å²) < 4.78 is 25.2. The quantitative estimate of drug-likeness (QED) is 0.810. The zero-order chi connectivity index (χ0) is 10.8. The van der Waals surface area contributed by atoms with Crippen molar-refractivity contribution in [2.24, 2.45) is 11.7 Å². The summed E-state index contributed by atoms with van der Waals surface area (Å²) in [6, 6.07) is 0.125. The third-order valence-corrected chi connectivity index (χ3v) is 4.90. The number of rotatable bonds is 4. The molecule has 1 aliphatic rings. The summed E-state index contributed by atoms with van der Waals surface area (Å²) in [4.78, 5) is 0. The molecule has 0 aromatic heterocycles. The monoisotopic (exact) mass is 256 g/mol. The average Bonchev–Trinajstić information content (AvgIpc) is 2.47. The van der Waals surface area contributed by atoms with Gasteiger partial charge in [0.2, 0.25) is 10.0 Å². The normalized spacial score (nSPS) is 27.7. The molecule has 0 aromatic rings. The highest BCUT2D eigenvalue weighted by Gasteiger charge is 2.35. The second-order valence-corrected chi connectivity index (χ2v) is 6.11. The minimum atomic E-state index is -3.02. The molecule has 92 valence electrons. The van der Waals surface area contributed by atoms with Crippen LogP contribution in [-0.2, 0) is 10.0 Å². The number of halogens is 1. The molecule has 1 rings (SSSR count). The van der Waals surface area contributed by atoms with Gasteiger partial charge in [-0.3, -0.25) is 0 Å². The SMILES string of the molecule is CCCS(=O)(=O)N1CC(CN)CC1C.Cl. The predicted molar refractivity (Wildman–Crippen MR) is 64.7 cm³/mol. The fraction of sp³-hybridized carbons (Fsp3) is 1.00. The molecular weight excluding hydrogens is 236 g/mol. The van der Waals surface area contributed by atoms with Crippen molar-refractivity contribution < 1.29 is 8.42 Å². The van der Waals surface area contributed by atoms with Crippen LogP contribution in [0, 0.1) is 5.92 Å². The van der Waals surface area contributed by atoms with Crippen LogP contribution in [0.1, 0.15) is 26.7 Å². The minimum Gasteiger partial charge on any atom is -0.330 e. The molecule has 0 amide bonds. The molecule has 0 aromatic carbocycles. The molecule has 0 bridgehead atoms. The number of nitrogens with zero attached hydrogens (tertiary/aromatic N) is 1. The fourth-order valence-corrected chi connectivity index (χ4v) is 3.87. The van der Waals surface area contributed by atoms with Gasteiger partial charge in [0, 0.05) is 12.6 Å². The van der Waals surface area contributed by atoms with Gasteiger partial charge in [-0.25, -0.2) is 8.42 Å². The molecule has 0 radical (unpaired) electrons. The van der Waals surface area contributed by atoms with E-state index in [1.165, 1.54) is 0 Å². The highest BCUT2D eigenvalue weighted by Crippen LogP contribution is 2.25. The Morgan fingerprint density at radius 1 is 1.47 bits per heavy atom. The summed E-state index contributed by atoms with van der Waals surface area (Å²) in [6.07, 6.45) is 1.58. The van der Waals surface area contributed by atoms with Gasteiger partial charge in [0.1, 0.15) is 0 Å². The largest absolute Gasteiger partial charge is 0.330 e. The van der Waals surface area contributed by atoms with Crippen LogP contribution in [-0.4, -0.2) is 37.6 Å². The third-order valence-electron chi connectivity index (χ3n) is 2.76. The van der Waals surface area contributed by atoms with Crippen LogP contribution in [0.4, 0.5) is 0 Å². The van der Waals surface area contributed by atoms with E-state index < -0.39 is 10.0 Å². The van der Waals surface area contributed by atoms with Crippen molar-refractivity contribution in [1.82, 2.24) is 4.31 Å². The van der Waals surface area contributed by atoms with Crippen LogP contribution in [0.3, 0.4) is 0 Å². The standard InChI is InChI=1S/C9H20N2O2S.ClH/c1-3-4-14(12,13)11-7-9(6-10)5-8(11)2;/h8-9H,3-7,10H2,1-2H3;1H. The lowest BCUT2D eigenvalue weighted by molar-refractivity contribution is 0.404. The smallest absolute Gasteiger partial charge is 0.214 e. The van der Waals surface area contributed by atoms with Crippen molar-refractivity contribution in [1.29, 1.82) is 0 Å². The van der Waals surface area contributed by atoms with Gasteiger partial charge in [-0.1, -0.05) is 6.92 Å². The molecule has 2 unspecified atom stereocenters. The predicted octanol–water partition coefficient (Wildman–Crippen LogP) is 0.817. The lowest BCUT2D eigenvalue weighted by Gasteiger charge is -2.20. The van der Waals surface area contributed by atoms with Crippen molar-refractivity contribution in [3.05, 3.63) is 0 Å². The molecule has 0 saturated carbocycles. The molecule has 2 N–H and O–H groups in total. The molecule has 15 heavy (non-hydrogen) atoms. The van der Waals surface area contributed by atoms with Gasteiger partial charge >= 0.3 is 0 Å². The Morgan fingerprint density at radius 3 is 2.47 bits per heavy atom. The molecule has 1 aliphatic heterocycles. The van der Waals surface area contributed by atoms with Crippen molar-refractivity contribution in [3.63, 3.8) is 0 Å². The number of sulfonamides is 1. The fourth-order valence-electron chi connectivity index (χ4n) is 2.04. The van der Waals surface area contributed by atoms with E-state index in [9.17, 15) is 8.42 Å². The molecular formula is C9H21ClN2O2S. The Hall–Kier alpha value is 0.160. The van der Waals surface area contributed by atoms with E-state index in [1.54, 1.807) is 4.31 Å². The Kier molecular flexibility index (Phi) is 6.10. The maximum atomic E-state index is 11.8. The second-order valence-electron chi connectivity index (χ2n) is 4.07. The van der Waals surface area contributed by atoms with Crippen LogP contribution in [0.5, 0.6) is 0 Å². The molecule has 4 nitrogen and oxygen atoms in total. The average molecular weight is 257 g/mol. The first-order chi connectivity index (χ1) is 6.51. The highest BCUT2D eigenvalue weighted by molar-refractivity contribution is 7.89. The zero-order valence-corrected chi connectivity index (χ0v) is 11.0. The minimum absolute atomic E-state index is 0. The number of hydrogen-bond acceptors (Lipinski definition) is 3. The number of hydrogen-bond donors (Lipinski definition) is 1. The van der Waals surface area contributed by atoms with Crippen LogP contribution < -0.4 is 5.73 Å². The van der Waals surface area contributed by atoms with Gasteiger partial charge in [0.15, 0.2) is 0 Å². The number of nitrogens with two attached hydrogens (primary N) is 1. The van der Waals surface area contributed by atoms with Gasteiger partial charge in [0.05, 0.1) is 5.75 Å². The van der Waals surface area contributed by atoms with Crippen LogP contribution in [0.2, 0.25) is 0 Å². The Labute approximate surface area is 98.7 Å². The van der Waals surface area contributed by atoms with Crippen LogP contribution in [0.25, 0.3) is 0 Å². The molecule has 0 aliphatic carbocycles. The first-order valence-electron chi connectivity index (χ1n) is 5.20. The highest BCUT2D eigenvalue weighted by atomic mass is 35.5. The summed E-state index contributed by atoms with van der Waals surface area (Å²) in [5, 5.41) is 0. The first kappa shape index (κ1) is 15.2. The van der Waals surface area contributed by atoms with Gasteiger partial charge < -0.3 is 5.73 Å². The van der Waals surface area contributed by atoms with Gasteiger partial charge in [-0.15, -0.1) is 12.4 Å². The zero-order valence-electron chi connectivity index (χ0n) is 9.35. The van der Waals surface area contributed by atoms with Crippen molar-refractivity contribution in [3.8, 4) is 0 Å². The molecule has 1 saturated heterocycles. The van der Waals surface area contributed by atoms with E-state index in [4.69, 9.17) is 5.73 Å². The third kappa shape index (κ3) is 3.59. The summed E-state index contributed by atoms with van der Waals surface area (Å²) >= 11 is 0. The summed E-state index contributed by atoms with van der Waals surface area (Å²) in [5.41, 5.74) is 5.55. The molecule has 2 atom stereocenters. The van der Waals surface area contributed by atoms with Crippen molar-refractivity contribution in [2.75, 3.05) is 18.8 Å².